The van der Waals surface area contributed by atoms with E-state index in [4.69, 9.17) is 14.3 Å². The highest BCUT2D eigenvalue weighted by atomic mass is 16.5. The number of hydrogen-bond donors (Lipinski definition) is 1. The maximum absolute atomic E-state index is 8.92. The van der Waals surface area contributed by atoms with Crippen molar-refractivity contribution in [1.29, 1.82) is 0 Å². The fourth-order valence-corrected chi connectivity index (χ4v) is 2.28. The number of hydrogen-bond acceptors (Lipinski definition) is 4. The van der Waals surface area contributed by atoms with Crippen molar-refractivity contribution in [2.45, 2.75) is 32.0 Å². The first-order valence-corrected chi connectivity index (χ1v) is 5.75. The summed E-state index contributed by atoms with van der Waals surface area (Å²) in [6.45, 7) is 2.67. The van der Waals surface area contributed by atoms with Crippen LogP contribution in [0.2, 0.25) is 0 Å². The molecular weight excluding hydrogens is 206 g/mol. The Labute approximate surface area is 95.8 Å². The molecule has 90 valence electrons. The third-order valence-corrected chi connectivity index (χ3v) is 3.09. The van der Waals surface area contributed by atoms with Crippen LogP contribution in [0, 0.1) is 0 Å². The molecule has 1 aromatic rings. The number of nitrogens with zero attached hydrogens (tertiary/aromatic N) is 1. The van der Waals surface area contributed by atoms with E-state index in [2.05, 4.69) is 4.90 Å². The molecule has 16 heavy (non-hydrogen) atoms. The summed E-state index contributed by atoms with van der Waals surface area (Å²) >= 11 is 0. The Morgan fingerprint density at radius 1 is 1.50 bits per heavy atom. The number of rotatable bonds is 5. The highest BCUT2D eigenvalue weighted by Gasteiger charge is 2.24. The number of aliphatic hydroxyl groups is 1. The van der Waals surface area contributed by atoms with Gasteiger partial charge in [0, 0.05) is 13.2 Å². The number of ether oxygens (including phenoxy) is 1. The molecule has 1 saturated heterocycles. The van der Waals surface area contributed by atoms with Crippen LogP contribution in [0.3, 0.4) is 0 Å². The molecule has 4 nitrogen and oxygen atoms in total. The average molecular weight is 225 g/mol. The molecule has 1 aliphatic heterocycles. The summed E-state index contributed by atoms with van der Waals surface area (Å²) in [5.41, 5.74) is 0. The predicted octanol–water partition coefficient (Wildman–Crippen LogP) is 1.38. The smallest absolute Gasteiger partial charge is 0.129 e. The van der Waals surface area contributed by atoms with Gasteiger partial charge in [0.15, 0.2) is 0 Å². The summed E-state index contributed by atoms with van der Waals surface area (Å²) in [4.78, 5) is 2.38. The first-order chi connectivity index (χ1) is 7.83. The molecule has 1 aromatic heterocycles. The molecule has 1 unspecified atom stereocenters. The number of likely N-dealkylation sites (tertiary alicyclic amines) is 1. The number of aliphatic hydroxyl groups excluding tert-OH is 1. The molecule has 1 fully saturated rings. The Morgan fingerprint density at radius 3 is 3.00 bits per heavy atom. The van der Waals surface area contributed by atoms with Crippen LogP contribution in [0.5, 0.6) is 0 Å². The van der Waals surface area contributed by atoms with Gasteiger partial charge in [-0.25, -0.2) is 0 Å². The van der Waals surface area contributed by atoms with E-state index in [1.807, 2.05) is 12.1 Å². The molecule has 0 aromatic carbocycles. The van der Waals surface area contributed by atoms with E-state index in [0.29, 0.717) is 11.8 Å². The van der Waals surface area contributed by atoms with Gasteiger partial charge in [0.2, 0.25) is 0 Å². The van der Waals surface area contributed by atoms with E-state index in [1.165, 1.54) is 12.8 Å². The first kappa shape index (κ1) is 11.6. The van der Waals surface area contributed by atoms with Crippen molar-refractivity contribution in [3.8, 4) is 0 Å². The fourth-order valence-electron chi connectivity index (χ4n) is 2.28. The highest BCUT2D eigenvalue weighted by Crippen LogP contribution is 2.21. The maximum Gasteiger partial charge on any atom is 0.129 e. The van der Waals surface area contributed by atoms with Gasteiger partial charge in [-0.1, -0.05) is 0 Å². The summed E-state index contributed by atoms with van der Waals surface area (Å²) in [5.74, 6) is 1.56. The lowest BCUT2D eigenvalue weighted by molar-refractivity contribution is 0.107. The normalized spacial score (nSPS) is 21.8. The van der Waals surface area contributed by atoms with Gasteiger partial charge in [-0.3, -0.25) is 4.90 Å². The molecule has 2 rings (SSSR count). The third-order valence-electron chi connectivity index (χ3n) is 3.09. The second kappa shape index (κ2) is 5.48. The van der Waals surface area contributed by atoms with Crippen molar-refractivity contribution < 1.29 is 14.3 Å². The Balaban J connectivity index is 1.92. The molecule has 2 heterocycles. The lowest BCUT2D eigenvalue weighted by atomic mass is 10.2. The van der Waals surface area contributed by atoms with E-state index in [9.17, 15) is 0 Å². The molecule has 1 atom stereocenters. The third kappa shape index (κ3) is 2.64. The maximum atomic E-state index is 8.92. The van der Waals surface area contributed by atoms with Crippen LogP contribution in [0.25, 0.3) is 0 Å². The van der Waals surface area contributed by atoms with Gasteiger partial charge in [0.05, 0.1) is 13.2 Å². The summed E-state index contributed by atoms with van der Waals surface area (Å²) in [5, 5.41) is 8.92. The van der Waals surface area contributed by atoms with Gasteiger partial charge >= 0.3 is 0 Å². The van der Waals surface area contributed by atoms with Crippen molar-refractivity contribution in [3.05, 3.63) is 23.7 Å². The van der Waals surface area contributed by atoms with Crippen LogP contribution in [-0.2, 0) is 17.9 Å². The topological polar surface area (TPSA) is 45.8 Å². The van der Waals surface area contributed by atoms with Crippen molar-refractivity contribution in [2.24, 2.45) is 0 Å². The summed E-state index contributed by atoms with van der Waals surface area (Å²) in [6.07, 6.45) is 2.42. The second-order valence-electron chi connectivity index (χ2n) is 4.25. The zero-order valence-corrected chi connectivity index (χ0v) is 9.69. The van der Waals surface area contributed by atoms with Crippen LogP contribution in [0.4, 0.5) is 0 Å². The summed E-state index contributed by atoms with van der Waals surface area (Å²) < 4.78 is 10.7. The summed E-state index contributed by atoms with van der Waals surface area (Å²) in [7, 11) is 1.74. The van der Waals surface area contributed by atoms with Gasteiger partial charge in [0.25, 0.3) is 0 Å². The average Bonchev–Trinajstić information content (AvgIpc) is 2.90. The molecule has 4 heteroatoms. The van der Waals surface area contributed by atoms with E-state index in [-0.39, 0.29) is 6.61 Å². The van der Waals surface area contributed by atoms with Gasteiger partial charge < -0.3 is 14.3 Å². The van der Waals surface area contributed by atoms with E-state index in [1.54, 1.807) is 7.11 Å². The zero-order valence-electron chi connectivity index (χ0n) is 9.69. The first-order valence-electron chi connectivity index (χ1n) is 5.75. The lowest BCUT2D eigenvalue weighted by Gasteiger charge is -2.22. The standard InChI is InChI=1S/C12H19NO3/c1-15-9-10-3-2-6-13(10)7-11-4-5-12(8-14)16-11/h4-5,10,14H,2-3,6-9H2,1H3. The highest BCUT2D eigenvalue weighted by molar-refractivity contribution is 5.06. The van der Waals surface area contributed by atoms with Gasteiger partial charge in [-0.15, -0.1) is 0 Å². The Bertz CT molecular complexity index is 324. The quantitative estimate of drug-likeness (QED) is 0.822. The molecule has 0 amide bonds. The van der Waals surface area contributed by atoms with Gasteiger partial charge in [-0.2, -0.15) is 0 Å². The molecule has 0 spiro atoms. The minimum Gasteiger partial charge on any atom is -0.462 e. The van der Waals surface area contributed by atoms with E-state index < -0.39 is 0 Å². The monoisotopic (exact) mass is 225 g/mol. The summed E-state index contributed by atoms with van der Waals surface area (Å²) in [6, 6.07) is 4.28. The number of methoxy groups -OCH3 is 1. The van der Waals surface area contributed by atoms with Gasteiger partial charge in [-0.05, 0) is 31.5 Å². The van der Waals surface area contributed by atoms with Crippen LogP contribution in [-0.4, -0.2) is 36.3 Å². The SMILES string of the molecule is COCC1CCCN1Cc1ccc(CO)o1. The molecule has 0 bridgehead atoms. The molecule has 1 aliphatic rings. The fraction of sp³-hybridized carbons (Fsp3) is 0.667. The van der Waals surface area contributed by atoms with E-state index in [0.717, 1.165) is 25.5 Å². The Morgan fingerprint density at radius 2 is 2.31 bits per heavy atom. The molecule has 1 N–H and O–H groups in total. The molecular formula is C12H19NO3. The van der Waals surface area contributed by atoms with Crippen molar-refractivity contribution in [2.75, 3.05) is 20.3 Å². The van der Waals surface area contributed by atoms with E-state index >= 15 is 0 Å². The Kier molecular flexibility index (Phi) is 3.98. The molecule has 0 aliphatic carbocycles. The van der Waals surface area contributed by atoms with Crippen molar-refractivity contribution in [3.63, 3.8) is 0 Å². The van der Waals surface area contributed by atoms with Crippen LogP contribution in [0.15, 0.2) is 16.5 Å². The minimum atomic E-state index is -0.0263. The Hall–Kier alpha value is -0.840. The largest absolute Gasteiger partial charge is 0.462 e. The van der Waals surface area contributed by atoms with Crippen molar-refractivity contribution in [1.82, 2.24) is 4.90 Å². The van der Waals surface area contributed by atoms with Crippen LogP contribution < -0.4 is 0 Å². The lowest BCUT2D eigenvalue weighted by Crippen LogP contribution is -2.32. The molecule has 0 saturated carbocycles. The van der Waals surface area contributed by atoms with Crippen LogP contribution in [0.1, 0.15) is 24.4 Å². The zero-order chi connectivity index (χ0) is 11.4. The minimum absolute atomic E-state index is 0.0263. The number of furan rings is 1. The molecule has 0 radical (unpaired) electrons. The van der Waals surface area contributed by atoms with Crippen LogP contribution >= 0.6 is 0 Å². The predicted molar refractivity (Wildman–Crippen MR) is 59.9 cm³/mol. The van der Waals surface area contributed by atoms with Gasteiger partial charge in [0.1, 0.15) is 18.1 Å². The second-order valence-corrected chi connectivity index (χ2v) is 4.25. The van der Waals surface area contributed by atoms with Crippen molar-refractivity contribution >= 4 is 0 Å².